The lowest BCUT2D eigenvalue weighted by molar-refractivity contribution is 0.0300. The second-order valence-corrected chi connectivity index (χ2v) is 2.21. The summed E-state index contributed by atoms with van der Waals surface area (Å²) < 4.78 is 9.76. The van der Waals surface area contributed by atoms with E-state index in [9.17, 15) is 4.79 Å². The highest BCUT2D eigenvalue weighted by molar-refractivity contribution is 5.67. The molecule has 1 heterocycles. The molecule has 4 heteroatoms. The Balaban J connectivity index is 2.27. The number of carbonyl (C=O) groups is 1. The zero-order valence-corrected chi connectivity index (χ0v) is 6.41. The molecule has 0 spiro atoms. The molecule has 0 atom stereocenters. The highest BCUT2D eigenvalue weighted by Gasteiger charge is 2.16. The quantitative estimate of drug-likeness (QED) is 0.550. The number of amides is 1. The van der Waals surface area contributed by atoms with E-state index in [4.69, 9.17) is 9.47 Å². The molecule has 0 unspecified atom stereocenters. The fraction of sp³-hybridized carbons (Fsp3) is 0.714. The van der Waals surface area contributed by atoms with Crippen LogP contribution in [0, 0.1) is 6.92 Å². The summed E-state index contributed by atoms with van der Waals surface area (Å²) in [5.74, 6) is 0. The third-order valence-corrected chi connectivity index (χ3v) is 1.49. The van der Waals surface area contributed by atoms with E-state index in [2.05, 4.69) is 6.92 Å². The van der Waals surface area contributed by atoms with Crippen molar-refractivity contribution >= 4 is 6.09 Å². The molecule has 0 saturated carbocycles. The molecule has 11 heavy (non-hydrogen) atoms. The molecule has 1 rings (SSSR count). The third-order valence-electron chi connectivity index (χ3n) is 1.49. The van der Waals surface area contributed by atoms with Gasteiger partial charge in [0.1, 0.15) is 0 Å². The van der Waals surface area contributed by atoms with Crippen molar-refractivity contribution in [2.24, 2.45) is 0 Å². The van der Waals surface area contributed by atoms with Crippen molar-refractivity contribution in [2.45, 2.75) is 0 Å². The van der Waals surface area contributed by atoms with Gasteiger partial charge in [0.25, 0.3) is 0 Å². The first-order valence-corrected chi connectivity index (χ1v) is 3.63. The molecular weight excluding hydrogens is 146 g/mol. The molecule has 1 fully saturated rings. The Bertz CT molecular complexity index is 132. The highest BCUT2D eigenvalue weighted by Crippen LogP contribution is 1.98. The molecule has 1 amide bonds. The molecule has 0 N–H and O–H groups in total. The number of ether oxygens (including phenoxy) is 2. The van der Waals surface area contributed by atoms with Crippen molar-refractivity contribution < 1.29 is 14.3 Å². The lowest BCUT2D eigenvalue weighted by atomic mass is 10.5. The van der Waals surface area contributed by atoms with Gasteiger partial charge in [-0.3, -0.25) is 0 Å². The second-order valence-electron chi connectivity index (χ2n) is 2.21. The maximum absolute atomic E-state index is 11.0. The topological polar surface area (TPSA) is 38.8 Å². The average molecular weight is 158 g/mol. The van der Waals surface area contributed by atoms with Gasteiger partial charge in [-0.15, -0.1) is 0 Å². The van der Waals surface area contributed by atoms with E-state index in [1.165, 1.54) is 0 Å². The predicted molar refractivity (Wildman–Crippen MR) is 39.1 cm³/mol. The Hall–Kier alpha value is -0.770. The first-order valence-electron chi connectivity index (χ1n) is 3.63. The predicted octanol–water partition coefficient (Wildman–Crippen LogP) is 0.289. The molecule has 1 saturated heterocycles. The summed E-state index contributed by atoms with van der Waals surface area (Å²) in [5, 5.41) is 0. The summed E-state index contributed by atoms with van der Waals surface area (Å²) in [4.78, 5) is 12.6. The molecule has 4 nitrogen and oxygen atoms in total. The molecule has 0 aromatic carbocycles. The minimum absolute atomic E-state index is 0.191. The molecule has 0 bridgehead atoms. The first kappa shape index (κ1) is 8.33. The average Bonchev–Trinajstić information content (AvgIpc) is 2.07. The van der Waals surface area contributed by atoms with Gasteiger partial charge in [0.05, 0.1) is 19.8 Å². The molecule has 0 aliphatic carbocycles. The summed E-state index contributed by atoms with van der Waals surface area (Å²) in [6.07, 6.45) is -0.289. The van der Waals surface area contributed by atoms with Crippen LogP contribution in [0.2, 0.25) is 0 Å². The molecule has 1 aliphatic rings. The van der Waals surface area contributed by atoms with E-state index in [0.717, 1.165) is 0 Å². The van der Waals surface area contributed by atoms with Crippen molar-refractivity contribution in [2.75, 3.05) is 32.9 Å². The largest absolute Gasteiger partial charge is 0.449 e. The lowest BCUT2D eigenvalue weighted by Crippen LogP contribution is -2.40. The van der Waals surface area contributed by atoms with Gasteiger partial charge in [-0.25, -0.2) is 4.79 Å². The highest BCUT2D eigenvalue weighted by atomic mass is 16.6. The van der Waals surface area contributed by atoms with Crippen molar-refractivity contribution in [3.05, 3.63) is 6.92 Å². The zero-order chi connectivity index (χ0) is 8.10. The number of carbonyl (C=O) groups excluding carboxylic acids is 1. The SMILES string of the molecule is [CH2]COC(=O)N1CCOCC1. The fourth-order valence-corrected chi connectivity index (χ4v) is 0.925. The standard InChI is InChI=1S/C7H12NO3/c1-2-11-7(9)8-3-5-10-6-4-8/h1-6H2. The maximum atomic E-state index is 11.0. The van der Waals surface area contributed by atoms with Crippen molar-refractivity contribution in [3.63, 3.8) is 0 Å². The number of morpholine rings is 1. The van der Waals surface area contributed by atoms with Gasteiger partial charge in [0, 0.05) is 13.1 Å². The summed E-state index contributed by atoms with van der Waals surface area (Å²) >= 11 is 0. The summed E-state index contributed by atoms with van der Waals surface area (Å²) in [6, 6.07) is 0. The smallest absolute Gasteiger partial charge is 0.409 e. The van der Waals surface area contributed by atoms with Gasteiger partial charge >= 0.3 is 6.09 Å². The number of rotatable bonds is 1. The zero-order valence-electron chi connectivity index (χ0n) is 6.41. The van der Waals surface area contributed by atoms with Crippen LogP contribution in [0.15, 0.2) is 0 Å². The van der Waals surface area contributed by atoms with Crippen LogP contribution in [0.1, 0.15) is 0 Å². The molecule has 1 aliphatic heterocycles. The minimum atomic E-state index is -0.289. The van der Waals surface area contributed by atoms with Gasteiger partial charge in [-0.1, -0.05) is 0 Å². The number of hydrogen-bond acceptors (Lipinski definition) is 3. The fourth-order valence-electron chi connectivity index (χ4n) is 0.925. The van der Waals surface area contributed by atoms with Gasteiger partial charge in [0.15, 0.2) is 0 Å². The van der Waals surface area contributed by atoms with Crippen LogP contribution >= 0.6 is 0 Å². The Morgan fingerprint density at radius 2 is 2.18 bits per heavy atom. The Morgan fingerprint density at radius 3 is 2.73 bits per heavy atom. The van der Waals surface area contributed by atoms with Crippen LogP contribution in [0.4, 0.5) is 4.79 Å². The van der Waals surface area contributed by atoms with Crippen molar-refractivity contribution in [1.82, 2.24) is 4.90 Å². The van der Waals surface area contributed by atoms with E-state index < -0.39 is 0 Å². The van der Waals surface area contributed by atoms with Crippen LogP contribution < -0.4 is 0 Å². The minimum Gasteiger partial charge on any atom is -0.449 e. The monoisotopic (exact) mass is 158 g/mol. The molecule has 63 valence electrons. The van der Waals surface area contributed by atoms with E-state index >= 15 is 0 Å². The second kappa shape index (κ2) is 4.18. The van der Waals surface area contributed by atoms with Crippen molar-refractivity contribution in [1.29, 1.82) is 0 Å². The van der Waals surface area contributed by atoms with Crippen molar-refractivity contribution in [3.8, 4) is 0 Å². The molecule has 0 aromatic heterocycles. The van der Waals surface area contributed by atoms with Gasteiger partial charge in [-0.05, 0) is 6.92 Å². The van der Waals surface area contributed by atoms with E-state index in [-0.39, 0.29) is 12.7 Å². The van der Waals surface area contributed by atoms with Gasteiger partial charge in [0.2, 0.25) is 0 Å². The summed E-state index contributed by atoms with van der Waals surface area (Å²) in [6.45, 7) is 6.06. The lowest BCUT2D eigenvalue weighted by Gasteiger charge is -2.25. The first-order chi connectivity index (χ1) is 5.34. The Kier molecular flexibility index (Phi) is 3.16. The molecule has 1 radical (unpaired) electrons. The van der Waals surface area contributed by atoms with Gasteiger partial charge < -0.3 is 14.4 Å². The number of nitrogens with zero attached hydrogens (tertiary/aromatic N) is 1. The summed E-state index contributed by atoms with van der Waals surface area (Å²) in [5.41, 5.74) is 0. The van der Waals surface area contributed by atoms with Crippen LogP contribution in [-0.2, 0) is 9.47 Å². The molecule has 0 aromatic rings. The third kappa shape index (κ3) is 2.38. The number of hydrogen-bond donors (Lipinski definition) is 0. The summed E-state index contributed by atoms with van der Waals surface area (Å²) in [7, 11) is 0. The van der Waals surface area contributed by atoms with Crippen LogP contribution in [-0.4, -0.2) is 43.9 Å². The normalized spacial score (nSPS) is 18.1. The van der Waals surface area contributed by atoms with E-state index in [0.29, 0.717) is 26.3 Å². The van der Waals surface area contributed by atoms with E-state index in [1.807, 2.05) is 0 Å². The van der Waals surface area contributed by atoms with Crippen LogP contribution in [0.25, 0.3) is 0 Å². The van der Waals surface area contributed by atoms with E-state index in [1.54, 1.807) is 4.90 Å². The Morgan fingerprint density at radius 1 is 1.55 bits per heavy atom. The molecular formula is C7H12NO3. The van der Waals surface area contributed by atoms with Gasteiger partial charge in [-0.2, -0.15) is 0 Å². The maximum Gasteiger partial charge on any atom is 0.409 e. The Labute approximate surface area is 66.1 Å². The van der Waals surface area contributed by atoms with Crippen LogP contribution in [0.3, 0.4) is 0 Å². The van der Waals surface area contributed by atoms with Crippen LogP contribution in [0.5, 0.6) is 0 Å².